The predicted octanol–water partition coefficient (Wildman–Crippen LogP) is 4.25. The number of nitrogens with zero attached hydrogens (tertiary/aromatic N) is 2. The molecule has 0 radical (unpaired) electrons. The number of hydrogen-bond donors (Lipinski definition) is 1. The number of carbonyl (C=O) groups is 1. The van der Waals surface area contributed by atoms with Crippen molar-refractivity contribution < 1.29 is 13.2 Å². The van der Waals surface area contributed by atoms with Crippen molar-refractivity contribution in [2.75, 3.05) is 13.1 Å². The van der Waals surface area contributed by atoms with E-state index in [0.29, 0.717) is 18.1 Å². The van der Waals surface area contributed by atoms with E-state index in [1.807, 2.05) is 37.3 Å². The van der Waals surface area contributed by atoms with Gasteiger partial charge in [0.25, 0.3) is 0 Å². The van der Waals surface area contributed by atoms with Crippen molar-refractivity contribution in [3.05, 3.63) is 54.2 Å². The zero-order valence-corrected chi connectivity index (χ0v) is 19.7. The molecule has 1 amide bonds. The van der Waals surface area contributed by atoms with Crippen molar-refractivity contribution in [2.24, 2.45) is 0 Å². The quantitative estimate of drug-likeness (QED) is 0.519. The first kappa shape index (κ1) is 24.4. The van der Waals surface area contributed by atoms with Crippen LogP contribution in [0.1, 0.15) is 52.1 Å². The average molecular weight is 450 g/mol. The number of rotatable bonds is 11. The summed E-state index contributed by atoms with van der Waals surface area (Å²) in [6.45, 7) is 8.36. The molecule has 0 aliphatic carbocycles. The van der Waals surface area contributed by atoms with Gasteiger partial charge < -0.3 is 5.32 Å². The van der Waals surface area contributed by atoms with Gasteiger partial charge in [-0.15, -0.1) is 0 Å². The molecule has 8 heteroatoms. The summed E-state index contributed by atoms with van der Waals surface area (Å²) >= 11 is 1.31. The minimum absolute atomic E-state index is 0.0266. The number of benzene rings is 1. The van der Waals surface area contributed by atoms with Gasteiger partial charge in [0.15, 0.2) is 0 Å². The molecule has 6 nitrogen and oxygen atoms in total. The van der Waals surface area contributed by atoms with Gasteiger partial charge in [-0.25, -0.2) is 13.4 Å². The molecule has 2 atom stereocenters. The number of amides is 1. The molecule has 0 saturated heterocycles. The molecule has 1 heterocycles. The maximum absolute atomic E-state index is 12.7. The number of aromatic nitrogens is 1. The fourth-order valence-corrected chi connectivity index (χ4v) is 5.32. The van der Waals surface area contributed by atoms with Gasteiger partial charge in [0, 0.05) is 19.3 Å². The second kappa shape index (κ2) is 11.5. The van der Waals surface area contributed by atoms with Crippen LogP contribution in [0.15, 0.2) is 58.6 Å². The average Bonchev–Trinajstić information content (AvgIpc) is 2.75. The van der Waals surface area contributed by atoms with Crippen LogP contribution in [0.4, 0.5) is 0 Å². The maximum atomic E-state index is 12.7. The predicted molar refractivity (Wildman–Crippen MR) is 122 cm³/mol. The second-order valence-electron chi connectivity index (χ2n) is 6.94. The SMILES string of the molecule is CCCC(NC(=O)C(C)Sc1ccc(S(=O)(=O)N(CC)CC)cn1)c1ccccc1. The maximum Gasteiger partial charge on any atom is 0.244 e. The van der Waals surface area contributed by atoms with E-state index >= 15 is 0 Å². The Hall–Kier alpha value is -1.90. The van der Waals surface area contributed by atoms with E-state index in [-0.39, 0.29) is 22.1 Å². The summed E-state index contributed by atoms with van der Waals surface area (Å²) in [6.07, 6.45) is 3.19. The first-order chi connectivity index (χ1) is 14.3. The summed E-state index contributed by atoms with van der Waals surface area (Å²) in [7, 11) is -3.53. The second-order valence-corrected chi connectivity index (χ2v) is 10.2. The molecule has 164 valence electrons. The Bertz CT molecular complexity index is 899. The Morgan fingerprint density at radius 1 is 1.10 bits per heavy atom. The number of sulfonamides is 1. The van der Waals surface area contributed by atoms with Gasteiger partial charge in [-0.2, -0.15) is 4.31 Å². The van der Waals surface area contributed by atoms with Gasteiger partial charge in [0.2, 0.25) is 15.9 Å². The van der Waals surface area contributed by atoms with Crippen LogP contribution in [-0.4, -0.2) is 42.0 Å². The zero-order chi connectivity index (χ0) is 22.1. The standard InChI is InChI=1S/C22H31N3O3S2/c1-5-11-20(18-12-9-8-10-13-18)24-22(26)17(4)29-21-15-14-19(16-23-21)30(27,28)25(6-2)7-3/h8-10,12-17,20H,5-7,11H2,1-4H3,(H,24,26). The van der Waals surface area contributed by atoms with Gasteiger partial charge in [-0.1, -0.05) is 69.3 Å². The zero-order valence-electron chi connectivity index (χ0n) is 18.0. The normalized spacial score (nSPS) is 13.8. The Morgan fingerprint density at radius 2 is 1.77 bits per heavy atom. The largest absolute Gasteiger partial charge is 0.348 e. The molecule has 1 N–H and O–H groups in total. The molecular formula is C22H31N3O3S2. The van der Waals surface area contributed by atoms with E-state index in [2.05, 4.69) is 17.2 Å². The van der Waals surface area contributed by atoms with Crippen LogP contribution >= 0.6 is 11.8 Å². The molecule has 0 fully saturated rings. The first-order valence-corrected chi connectivity index (χ1v) is 12.6. The molecule has 0 saturated carbocycles. The van der Waals surface area contributed by atoms with E-state index in [1.54, 1.807) is 26.0 Å². The molecule has 0 aliphatic heterocycles. The highest BCUT2D eigenvalue weighted by atomic mass is 32.2. The number of pyridine rings is 1. The Labute approximate surface area is 184 Å². The fourth-order valence-electron chi connectivity index (χ4n) is 3.12. The molecule has 2 aromatic rings. The lowest BCUT2D eigenvalue weighted by atomic mass is 10.0. The minimum Gasteiger partial charge on any atom is -0.348 e. The van der Waals surface area contributed by atoms with Gasteiger partial charge in [0.1, 0.15) is 4.90 Å². The van der Waals surface area contributed by atoms with Gasteiger partial charge in [0.05, 0.1) is 16.3 Å². The van der Waals surface area contributed by atoms with Crippen molar-refractivity contribution in [2.45, 2.75) is 61.7 Å². The third-order valence-corrected chi connectivity index (χ3v) is 7.90. The number of carbonyl (C=O) groups excluding carboxylic acids is 1. The van der Waals surface area contributed by atoms with Crippen LogP contribution < -0.4 is 5.32 Å². The molecular weight excluding hydrogens is 418 g/mol. The van der Waals surface area contributed by atoms with E-state index < -0.39 is 10.0 Å². The van der Waals surface area contributed by atoms with Crippen LogP contribution in [0.25, 0.3) is 0 Å². The van der Waals surface area contributed by atoms with E-state index in [9.17, 15) is 13.2 Å². The molecule has 0 aliphatic rings. The van der Waals surface area contributed by atoms with Crippen molar-refractivity contribution in [3.8, 4) is 0 Å². The summed E-state index contributed by atoms with van der Waals surface area (Å²) < 4.78 is 26.5. The fraction of sp³-hybridized carbons (Fsp3) is 0.455. The summed E-state index contributed by atoms with van der Waals surface area (Å²) in [5, 5.41) is 3.39. The smallest absolute Gasteiger partial charge is 0.244 e. The highest BCUT2D eigenvalue weighted by molar-refractivity contribution is 8.00. The third kappa shape index (κ3) is 6.30. The lowest BCUT2D eigenvalue weighted by Crippen LogP contribution is -2.34. The lowest BCUT2D eigenvalue weighted by Gasteiger charge is -2.21. The van der Waals surface area contributed by atoms with E-state index in [0.717, 1.165) is 18.4 Å². The number of hydrogen-bond acceptors (Lipinski definition) is 5. The van der Waals surface area contributed by atoms with Crippen LogP contribution in [0.5, 0.6) is 0 Å². The van der Waals surface area contributed by atoms with Crippen LogP contribution in [0.2, 0.25) is 0 Å². The number of nitrogens with one attached hydrogen (secondary N) is 1. The monoisotopic (exact) mass is 449 g/mol. The van der Waals surface area contributed by atoms with Gasteiger partial charge in [-0.3, -0.25) is 4.79 Å². The van der Waals surface area contributed by atoms with Crippen molar-refractivity contribution in [1.29, 1.82) is 0 Å². The first-order valence-electron chi connectivity index (χ1n) is 10.3. The van der Waals surface area contributed by atoms with Gasteiger partial charge >= 0.3 is 0 Å². The molecule has 30 heavy (non-hydrogen) atoms. The van der Waals surface area contributed by atoms with Gasteiger partial charge in [-0.05, 0) is 31.0 Å². The highest BCUT2D eigenvalue weighted by Crippen LogP contribution is 2.25. The topological polar surface area (TPSA) is 79.4 Å². The summed E-state index contributed by atoms with van der Waals surface area (Å²) in [4.78, 5) is 17.2. The van der Waals surface area contributed by atoms with E-state index in [4.69, 9.17) is 0 Å². The Balaban J connectivity index is 2.04. The van der Waals surface area contributed by atoms with Crippen molar-refractivity contribution in [3.63, 3.8) is 0 Å². The summed E-state index contributed by atoms with van der Waals surface area (Å²) in [5.74, 6) is -0.0658. The van der Waals surface area contributed by atoms with E-state index in [1.165, 1.54) is 22.3 Å². The van der Waals surface area contributed by atoms with Crippen LogP contribution in [0, 0.1) is 0 Å². The Morgan fingerprint density at radius 3 is 2.30 bits per heavy atom. The Kier molecular flexibility index (Phi) is 9.33. The minimum atomic E-state index is -3.53. The highest BCUT2D eigenvalue weighted by Gasteiger charge is 2.23. The third-order valence-electron chi connectivity index (χ3n) is 4.81. The van der Waals surface area contributed by atoms with Crippen LogP contribution in [0.3, 0.4) is 0 Å². The lowest BCUT2D eigenvalue weighted by molar-refractivity contribution is -0.121. The molecule has 2 rings (SSSR count). The van der Waals surface area contributed by atoms with Crippen LogP contribution in [-0.2, 0) is 14.8 Å². The molecule has 0 bridgehead atoms. The summed E-state index contributed by atoms with van der Waals surface area (Å²) in [6, 6.07) is 13.1. The molecule has 0 spiro atoms. The van der Waals surface area contributed by atoms with Crippen molar-refractivity contribution in [1.82, 2.24) is 14.6 Å². The van der Waals surface area contributed by atoms with Crippen molar-refractivity contribution >= 4 is 27.7 Å². The molecule has 1 aromatic heterocycles. The number of thioether (sulfide) groups is 1. The molecule has 1 aromatic carbocycles. The summed E-state index contributed by atoms with van der Waals surface area (Å²) in [5.41, 5.74) is 1.09. The molecule has 2 unspecified atom stereocenters.